The van der Waals surface area contributed by atoms with E-state index in [2.05, 4.69) is 15.0 Å². The first-order valence-electron chi connectivity index (χ1n) is 7.43. The van der Waals surface area contributed by atoms with Gasteiger partial charge in [0.1, 0.15) is 17.1 Å². The van der Waals surface area contributed by atoms with Crippen LogP contribution in [0.25, 0.3) is 0 Å². The van der Waals surface area contributed by atoms with E-state index in [9.17, 15) is 4.79 Å². The lowest BCUT2D eigenvalue weighted by molar-refractivity contribution is -0.126. The van der Waals surface area contributed by atoms with E-state index in [4.69, 9.17) is 4.74 Å². The third-order valence-electron chi connectivity index (χ3n) is 4.64. The molecular weight excluding hydrogens is 300 g/mol. The van der Waals surface area contributed by atoms with Crippen LogP contribution in [-0.4, -0.2) is 38.8 Å². The maximum atomic E-state index is 12.3. The van der Waals surface area contributed by atoms with Crippen LogP contribution in [0.5, 0.6) is 0 Å². The molecule has 112 valence electrons. The molecule has 22 heavy (non-hydrogen) atoms. The highest BCUT2D eigenvalue weighted by Gasteiger charge is 2.53. The summed E-state index contributed by atoms with van der Waals surface area (Å²) in [5.74, 6) is 1.47. The predicted octanol–water partition coefficient (Wildman–Crippen LogP) is 1.69. The Hall–Kier alpha value is -1.86. The molecule has 2 aromatic rings. The molecule has 0 atom stereocenters. The number of fused-ring (bicyclic) bond motifs is 2. The van der Waals surface area contributed by atoms with E-state index in [-0.39, 0.29) is 5.91 Å². The van der Waals surface area contributed by atoms with Crippen molar-refractivity contribution in [2.75, 3.05) is 13.1 Å². The van der Waals surface area contributed by atoms with Crippen molar-refractivity contribution in [3.05, 3.63) is 39.9 Å². The SMILES string of the molecule is O=C(c1cscn1)N1CC2(C1)OCc1nc(C3CC3)ncc12. The van der Waals surface area contributed by atoms with Crippen molar-refractivity contribution in [1.29, 1.82) is 0 Å². The lowest BCUT2D eigenvalue weighted by atomic mass is 9.87. The summed E-state index contributed by atoms with van der Waals surface area (Å²) in [6.07, 6.45) is 4.30. The van der Waals surface area contributed by atoms with Gasteiger partial charge in [0.05, 0.1) is 30.9 Å². The number of ether oxygens (including phenoxy) is 1. The molecule has 1 spiro atoms. The van der Waals surface area contributed by atoms with Crippen LogP contribution in [0.15, 0.2) is 17.1 Å². The van der Waals surface area contributed by atoms with Crippen LogP contribution < -0.4 is 0 Å². The smallest absolute Gasteiger partial charge is 0.273 e. The van der Waals surface area contributed by atoms with E-state index in [1.807, 2.05) is 6.20 Å². The minimum Gasteiger partial charge on any atom is -0.360 e. The summed E-state index contributed by atoms with van der Waals surface area (Å²) in [4.78, 5) is 27.3. The molecular formula is C15H14N4O2S. The second-order valence-electron chi connectivity index (χ2n) is 6.18. The number of carbonyl (C=O) groups is 1. The molecule has 0 N–H and O–H groups in total. The number of thiazole rings is 1. The van der Waals surface area contributed by atoms with E-state index in [1.165, 1.54) is 24.2 Å². The van der Waals surface area contributed by atoms with Gasteiger partial charge < -0.3 is 9.64 Å². The van der Waals surface area contributed by atoms with E-state index in [0.717, 1.165) is 17.1 Å². The van der Waals surface area contributed by atoms with Gasteiger partial charge in [-0.2, -0.15) is 0 Å². The summed E-state index contributed by atoms with van der Waals surface area (Å²) in [6.45, 7) is 1.64. The van der Waals surface area contributed by atoms with Crippen molar-refractivity contribution >= 4 is 17.2 Å². The Balaban J connectivity index is 1.37. The quantitative estimate of drug-likeness (QED) is 0.844. The normalized spacial score (nSPS) is 21.7. The van der Waals surface area contributed by atoms with Crippen molar-refractivity contribution in [2.45, 2.75) is 31.0 Å². The van der Waals surface area contributed by atoms with E-state index in [0.29, 0.717) is 31.3 Å². The second kappa shape index (κ2) is 4.33. The Morgan fingerprint density at radius 1 is 1.36 bits per heavy atom. The van der Waals surface area contributed by atoms with Crippen molar-refractivity contribution in [1.82, 2.24) is 19.9 Å². The van der Waals surface area contributed by atoms with Gasteiger partial charge in [0.25, 0.3) is 5.91 Å². The maximum Gasteiger partial charge on any atom is 0.273 e. The molecule has 3 aliphatic rings. The summed E-state index contributed by atoms with van der Waals surface area (Å²) < 4.78 is 5.99. The van der Waals surface area contributed by atoms with Gasteiger partial charge in [-0.25, -0.2) is 15.0 Å². The number of rotatable bonds is 2. The highest BCUT2D eigenvalue weighted by molar-refractivity contribution is 7.07. The van der Waals surface area contributed by atoms with Crippen LogP contribution in [0, 0.1) is 0 Å². The zero-order valence-corrected chi connectivity index (χ0v) is 12.7. The van der Waals surface area contributed by atoms with Crippen molar-refractivity contribution in [2.24, 2.45) is 0 Å². The number of aromatic nitrogens is 3. The van der Waals surface area contributed by atoms with Crippen LogP contribution in [-0.2, 0) is 16.9 Å². The molecule has 2 aromatic heterocycles. The number of amides is 1. The van der Waals surface area contributed by atoms with Gasteiger partial charge in [-0.05, 0) is 12.8 Å². The fraction of sp³-hybridized carbons (Fsp3) is 0.467. The summed E-state index contributed by atoms with van der Waals surface area (Å²) in [5, 5.41) is 1.78. The van der Waals surface area contributed by atoms with E-state index >= 15 is 0 Å². The minimum atomic E-state index is -0.400. The van der Waals surface area contributed by atoms with Crippen LogP contribution in [0.2, 0.25) is 0 Å². The van der Waals surface area contributed by atoms with Gasteiger partial charge in [-0.1, -0.05) is 0 Å². The third kappa shape index (κ3) is 1.75. The number of hydrogen-bond donors (Lipinski definition) is 0. The highest BCUT2D eigenvalue weighted by Crippen LogP contribution is 2.44. The van der Waals surface area contributed by atoms with Gasteiger partial charge in [-0.3, -0.25) is 4.79 Å². The Morgan fingerprint density at radius 2 is 2.23 bits per heavy atom. The first-order valence-corrected chi connectivity index (χ1v) is 8.37. The zero-order chi connectivity index (χ0) is 14.7. The summed E-state index contributed by atoms with van der Waals surface area (Å²) in [7, 11) is 0. The van der Waals surface area contributed by atoms with Crippen molar-refractivity contribution in [3.8, 4) is 0 Å². The zero-order valence-electron chi connectivity index (χ0n) is 11.9. The Morgan fingerprint density at radius 3 is 2.95 bits per heavy atom. The minimum absolute atomic E-state index is 0.0283. The molecule has 2 fully saturated rings. The predicted molar refractivity (Wildman–Crippen MR) is 78.5 cm³/mol. The van der Waals surface area contributed by atoms with Crippen LogP contribution in [0.1, 0.15) is 46.3 Å². The molecule has 1 amide bonds. The number of likely N-dealkylation sites (tertiary alicyclic amines) is 1. The molecule has 2 aliphatic heterocycles. The number of hydrogen-bond acceptors (Lipinski definition) is 6. The summed E-state index contributed by atoms with van der Waals surface area (Å²) >= 11 is 1.43. The van der Waals surface area contributed by atoms with E-state index in [1.54, 1.807) is 15.8 Å². The monoisotopic (exact) mass is 314 g/mol. The average Bonchev–Trinajstić information content (AvgIpc) is 3.07. The third-order valence-corrected chi connectivity index (χ3v) is 5.22. The lowest BCUT2D eigenvalue weighted by Crippen LogP contribution is -2.61. The van der Waals surface area contributed by atoms with Gasteiger partial charge in [0.15, 0.2) is 0 Å². The second-order valence-corrected chi connectivity index (χ2v) is 6.90. The van der Waals surface area contributed by atoms with Crippen LogP contribution >= 0.6 is 11.3 Å². The standard InChI is InChI=1S/C15H14N4O2S/c20-14(12-5-22-8-17-12)19-6-15(7-19)10-3-16-13(9-1-2-9)18-11(10)4-21-15/h3,5,8-9H,1-2,4,6-7H2. The molecule has 0 radical (unpaired) electrons. The first-order chi connectivity index (χ1) is 10.8. The van der Waals surface area contributed by atoms with Gasteiger partial charge in [-0.15, -0.1) is 11.3 Å². The molecule has 7 heteroatoms. The lowest BCUT2D eigenvalue weighted by Gasteiger charge is -2.46. The summed E-state index contributed by atoms with van der Waals surface area (Å²) in [6, 6.07) is 0. The molecule has 5 rings (SSSR count). The molecule has 0 bridgehead atoms. The topological polar surface area (TPSA) is 68.2 Å². The molecule has 6 nitrogen and oxygen atoms in total. The molecule has 0 unspecified atom stereocenters. The fourth-order valence-corrected chi connectivity index (χ4v) is 3.73. The summed E-state index contributed by atoms with van der Waals surface area (Å²) in [5.41, 5.74) is 3.84. The fourth-order valence-electron chi connectivity index (χ4n) is 3.20. The maximum absolute atomic E-state index is 12.3. The van der Waals surface area contributed by atoms with Gasteiger partial charge in [0, 0.05) is 23.1 Å². The Labute approximate surface area is 131 Å². The van der Waals surface area contributed by atoms with Crippen molar-refractivity contribution < 1.29 is 9.53 Å². The van der Waals surface area contributed by atoms with Crippen LogP contribution in [0.3, 0.4) is 0 Å². The van der Waals surface area contributed by atoms with Crippen LogP contribution in [0.4, 0.5) is 0 Å². The van der Waals surface area contributed by atoms with Crippen molar-refractivity contribution in [3.63, 3.8) is 0 Å². The first kappa shape index (κ1) is 12.7. The molecule has 1 aliphatic carbocycles. The largest absolute Gasteiger partial charge is 0.360 e. The van der Waals surface area contributed by atoms with Gasteiger partial charge in [0.2, 0.25) is 0 Å². The average molecular weight is 314 g/mol. The molecule has 4 heterocycles. The molecule has 0 aromatic carbocycles. The molecule has 1 saturated heterocycles. The number of carbonyl (C=O) groups excluding carboxylic acids is 1. The Kier molecular flexibility index (Phi) is 2.49. The molecule has 1 saturated carbocycles. The number of nitrogens with zero attached hydrogens (tertiary/aromatic N) is 4. The highest BCUT2D eigenvalue weighted by atomic mass is 32.1. The Bertz CT molecular complexity index is 751. The van der Waals surface area contributed by atoms with Gasteiger partial charge >= 0.3 is 0 Å². The van der Waals surface area contributed by atoms with E-state index < -0.39 is 5.60 Å².